The summed E-state index contributed by atoms with van der Waals surface area (Å²) in [5.74, 6) is 0.0940. The number of carbonyl (C=O) groups excluding carboxylic acids is 1. The lowest BCUT2D eigenvalue weighted by Gasteiger charge is -2.09. The number of hydrogen-bond donors (Lipinski definition) is 2. The largest absolute Gasteiger partial charge is 0.338 e. The van der Waals surface area contributed by atoms with Gasteiger partial charge in [0.15, 0.2) is 11.5 Å². The Kier molecular flexibility index (Phi) is 5.11. The molecule has 0 saturated carbocycles. The van der Waals surface area contributed by atoms with Gasteiger partial charge in [-0.1, -0.05) is 23.7 Å². The number of aromatic nitrogens is 2. The normalized spacial score (nSPS) is 10.0. The molecule has 128 valence electrons. The molecule has 0 aliphatic carbocycles. The van der Waals surface area contributed by atoms with Gasteiger partial charge in [-0.3, -0.25) is 4.79 Å². The number of benzene rings is 2. The lowest BCUT2D eigenvalue weighted by molar-refractivity contribution is 0.102. The fourth-order valence-corrected chi connectivity index (χ4v) is 2.42. The predicted molar refractivity (Wildman–Crippen MR) is 101 cm³/mol. The van der Waals surface area contributed by atoms with Gasteiger partial charge in [-0.15, -0.1) is 10.2 Å². The van der Waals surface area contributed by atoms with E-state index in [1.807, 2.05) is 25.1 Å². The first-order valence-corrected chi connectivity index (χ1v) is 8.11. The molecule has 0 spiro atoms. The first-order chi connectivity index (χ1) is 12.5. The molecule has 7 heteroatoms. The van der Waals surface area contributed by atoms with Crippen molar-refractivity contribution in [1.29, 1.82) is 5.26 Å². The zero-order valence-electron chi connectivity index (χ0n) is 13.8. The number of aryl methyl sites for hydroxylation is 1. The van der Waals surface area contributed by atoms with Gasteiger partial charge < -0.3 is 10.6 Å². The average molecular weight is 364 g/mol. The Labute approximate surface area is 155 Å². The second-order valence-corrected chi connectivity index (χ2v) is 5.97. The fraction of sp³-hybridized carbons (Fsp3) is 0.0526. The highest BCUT2D eigenvalue weighted by Crippen LogP contribution is 2.23. The van der Waals surface area contributed by atoms with Crippen LogP contribution >= 0.6 is 11.6 Å². The number of nitrogens with zero attached hydrogens (tertiary/aromatic N) is 3. The second-order valence-electron chi connectivity index (χ2n) is 5.53. The number of amides is 1. The van der Waals surface area contributed by atoms with Crippen LogP contribution in [0.25, 0.3) is 0 Å². The maximum absolute atomic E-state index is 12.2. The van der Waals surface area contributed by atoms with E-state index in [1.165, 1.54) is 0 Å². The van der Waals surface area contributed by atoms with Gasteiger partial charge in [0.05, 0.1) is 11.6 Å². The van der Waals surface area contributed by atoms with E-state index in [4.69, 9.17) is 16.9 Å². The quantitative estimate of drug-likeness (QED) is 0.720. The van der Waals surface area contributed by atoms with Crippen LogP contribution in [0.15, 0.2) is 54.6 Å². The van der Waals surface area contributed by atoms with Crippen LogP contribution in [-0.4, -0.2) is 16.1 Å². The molecule has 0 fully saturated rings. The van der Waals surface area contributed by atoms with E-state index in [9.17, 15) is 4.79 Å². The van der Waals surface area contributed by atoms with Crippen LogP contribution in [0.3, 0.4) is 0 Å². The Morgan fingerprint density at radius 1 is 1.12 bits per heavy atom. The van der Waals surface area contributed by atoms with Crippen molar-refractivity contribution in [3.63, 3.8) is 0 Å². The smallest absolute Gasteiger partial charge is 0.276 e. The molecule has 0 unspecified atom stereocenters. The highest BCUT2D eigenvalue weighted by molar-refractivity contribution is 6.30. The van der Waals surface area contributed by atoms with Crippen LogP contribution in [0.5, 0.6) is 0 Å². The topological polar surface area (TPSA) is 90.7 Å². The number of nitriles is 1. The van der Waals surface area contributed by atoms with Crippen molar-refractivity contribution in [3.05, 3.63) is 76.4 Å². The van der Waals surface area contributed by atoms with Crippen LogP contribution in [0.4, 0.5) is 17.2 Å². The number of halogens is 1. The Balaban J connectivity index is 1.71. The predicted octanol–water partition coefficient (Wildman–Crippen LogP) is 4.31. The van der Waals surface area contributed by atoms with E-state index in [2.05, 4.69) is 20.8 Å². The van der Waals surface area contributed by atoms with Crippen molar-refractivity contribution in [2.75, 3.05) is 10.6 Å². The Bertz CT molecular complexity index is 996. The van der Waals surface area contributed by atoms with E-state index >= 15 is 0 Å². The zero-order valence-corrected chi connectivity index (χ0v) is 14.6. The Morgan fingerprint density at radius 2 is 1.96 bits per heavy atom. The maximum Gasteiger partial charge on any atom is 0.276 e. The first-order valence-electron chi connectivity index (χ1n) is 7.73. The highest BCUT2D eigenvalue weighted by Gasteiger charge is 2.10. The fourth-order valence-electron chi connectivity index (χ4n) is 2.25. The number of rotatable bonds is 4. The van der Waals surface area contributed by atoms with Crippen molar-refractivity contribution in [1.82, 2.24) is 10.2 Å². The minimum Gasteiger partial charge on any atom is -0.338 e. The van der Waals surface area contributed by atoms with Crippen molar-refractivity contribution < 1.29 is 4.79 Å². The van der Waals surface area contributed by atoms with Gasteiger partial charge in [0.2, 0.25) is 0 Å². The molecule has 3 aromatic rings. The zero-order chi connectivity index (χ0) is 18.5. The van der Waals surface area contributed by atoms with E-state index < -0.39 is 5.91 Å². The van der Waals surface area contributed by atoms with Crippen molar-refractivity contribution in [3.8, 4) is 6.07 Å². The monoisotopic (exact) mass is 363 g/mol. The molecule has 1 aromatic heterocycles. The lowest BCUT2D eigenvalue weighted by Crippen LogP contribution is -2.14. The summed E-state index contributed by atoms with van der Waals surface area (Å²) in [7, 11) is 0. The number of nitrogens with one attached hydrogen (secondary N) is 2. The molecular formula is C19H14ClN5O. The lowest BCUT2D eigenvalue weighted by atomic mass is 10.2. The molecule has 2 N–H and O–H groups in total. The van der Waals surface area contributed by atoms with Crippen molar-refractivity contribution in [2.45, 2.75) is 6.92 Å². The van der Waals surface area contributed by atoms with Crippen LogP contribution < -0.4 is 10.6 Å². The molecular weight excluding hydrogens is 350 g/mol. The Morgan fingerprint density at radius 3 is 2.69 bits per heavy atom. The van der Waals surface area contributed by atoms with E-state index in [-0.39, 0.29) is 5.69 Å². The summed E-state index contributed by atoms with van der Waals surface area (Å²) < 4.78 is 0. The van der Waals surface area contributed by atoms with Crippen LogP contribution in [0, 0.1) is 18.3 Å². The van der Waals surface area contributed by atoms with E-state index in [1.54, 1.807) is 42.5 Å². The molecule has 1 heterocycles. The van der Waals surface area contributed by atoms with Crippen molar-refractivity contribution >= 4 is 34.7 Å². The van der Waals surface area contributed by atoms with Gasteiger partial charge in [0.1, 0.15) is 0 Å². The molecule has 0 saturated heterocycles. The molecule has 0 aliphatic rings. The molecule has 0 radical (unpaired) electrons. The number of hydrogen-bond acceptors (Lipinski definition) is 5. The van der Waals surface area contributed by atoms with Crippen LogP contribution in [-0.2, 0) is 0 Å². The van der Waals surface area contributed by atoms with Gasteiger partial charge in [-0.05, 0) is 55.0 Å². The molecule has 0 bridgehead atoms. The summed E-state index contributed by atoms with van der Waals surface area (Å²) in [6.45, 7) is 1.95. The third kappa shape index (κ3) is 4.15. The second kappa shape index (κ2) is 7.64. The summed E-state index contributed by atoms with van der Waals surface area (Å²) in [6, 6.07) is 17.4. The Hall–Kier alpha value is -3.43. The van der Waals surface area contributed by atoms with Gasteiger partial charge >= 0.3 is 0 Å². The van der Waals surface area contributed by atoms with Crippen molar-refractivity contribution in [2.24, 2.45) is 0 Å². The molecule has 1 amide bonds. The highest BCUT2D eigenvalue weighted by atomic mass is 35.5. The van der Waals surface area contributed by atoms with Crippen LogP contribution in [0.2, 0.25) is 5.02 Å². The third-order valence-corrected chi connectivity index (χ3v) is 3.84. The van der Waals surface area contributed by atoms with Gasteiger partial charge in [-0.25, -0.2) is 0 Å². The molecule has 3 rings (SSSR count). The van der Waals surface area contributed by atoms with E-state index in [0.717, 1.165) is 11.3 Å². The summed E-state index contributed by atoms with van der Waals surface area (Å²) in [5.41, 5.74) is 2.98. The molecule has 6 nitrogen and oxygen atoms in total. The molecule has 26 heavy (non-hydrogen) atoms. The molecule has 0 aliphatic heterocycles. The summed E-state index contributed by atoms with van der Waals surface area (Å²) in [6.07, 6.45) is 0. The standard InChI is InChI=1S/C19H14ClN5O/c1-12-5-6-14(20)10-17(12)23-18-8-7-16(24-25-18)19(26)22-15-4-2-3-13(9-15)11-21/h2-10H,1H3,(H,22,26)(H,23,25). The maximum atomic E-state index is 12.2. The number of carbonyl (C=O) groups is 1. The van der Waals surface area contributed by atoms with E-state index in [0.29, 0.717) is 22.1 Å². The summed E-state index contributed by atoms with van der Waals surface area (Å²) >= 11 is 6.00. The molecule has 2 aromatic carbocycles. The number of anilines is 3. The third-order valence-electron chi connectivity index (χ3n) is 3.61. The van der Waals surface area contributed by atoms with Gasteiger partial charge in [-0.2, -0.15) is 5.26 Å². The summed E-state index contributed by atoms with van der Waals surface area (Å²) in [5, 5.41) is 23.3. The SMILES string of the molecule is Cc1ccc(Cl)cc1Nc1ccc(C(=O)Nc2cccc(C#N)c2)nn1. The van der Waals surface area contributed by atoms with Gasteiger partial charge in [0, 0.05) is 16.4 Å². The van der Waals surface area contributed by atoms with Gasteiger partial charge in [0.25, 0.3) is 5.91 Å². The molecule has 0 atom stereocenters. The minimum atomic E-state index is -0.405. The summed E-state index contributed by atoms with van der Waals surface area (Å²) in [4.78, 5) is 12.2. The first kappa shape index (κ1) is 17.4. The van der Waals surface area contributed by atoms with Crippen LogP contribution in [0.1, 0.15) is 21.6 Å². The average Bonchev–Trinajstić information content (AvgIpc) is 2.65. The minimum absolute atomic E-state index is 0.167.